The largest absolute Gasteiger partial charge is 0.456 e. The Hall–Kier alpha value is -8.43. The van der Waals surface area contributed by atoms with Crippen LogP contribution in [0.4, 0.5) is 34.1 Å². The number of hydrogen-bond acceptors (Lipinski definition) is 4. The first-order chi connectivity index (χ1) is 37.7. The van der Waals surface area contributed by atoms with Gasteiger partial charge in [0, 0.05) is 54.9 Å². The van der Waals surface area contributed by atoms with Crippen LogP contribution < -0.4 is 30.5 Å². The second-order valence-electron chi connectivity index (χ2n) is 24.9. The molecule has 0 radical (unpaired) electrons. The maximum absolute atomic E-state index is 7.38. The molecule has 0 fully saturated rings. The van der Waals surface area contributed by atoms with Gasteiger partial charge in [0.15, 0.2) is 0 Å². The molecule has 17 rings (SSSR count). The van der Waals surface area contributed by atoms with Gasteiger partial charge < -0.3 is 18.6 Å². The Bertz CT molecular complexity index is 4590. The fraction of sp³-hybridized carbons (Fsp3) is 0.139. The Morgan fingerprint density at radius 3 is 1.13 bits per heavy atom. The molecule has 0 saturated heterocycles. The van der Waals surface area contributed by atoms with Gasteiger partial charge >= 0.3 is 0 Å². The molecule has 0 N–H and O–H groups in total. The average Bonchev–Trinajstić information content (AvgIpc) is 3.78. The van der Waals surface area contributed by atoms with E-state index < -0.39 is 27.0 Å². The van der Waals surface area contributed by atoms with Gasteiger partial charge in [-0.25, -0.2) is 0 Å². The molecule has 11 aromatic carbocycles. The van der Waals surface area contributed by atoms with E-state index in [0.717, 1.165) is 55.3 Å². The van der Waals surface area contributed by atoms with Gasteiger partial charge in [0.05, 0.1) is 22.7 Å². The maximum Gasteiger partial charge on any atom is 0.141 e. The van der Waals surface area contributed by atoms with E-state index >= 15 is 0 Å². The zero-order valence-corrected chi connectivity index (χ0v) is 47.2. The van der Waals surface area contributed by atoms with E-state index in [2.05, 4.69) is 258 Å². The van der Waals surface area contributed by atoms with E-state index in [1.165, 1.54) is 110 Å². The Labute approximate surface area is 455 Å². The van der Waals surface area contributed by atoms with E-state index in [1.807, 2.05) is 0 Å². The van der Waals surface area contributed by atoms with Crippen LogP contribution in [0.15, 0.2) is 203 Å². The molecule has 78 heavy (non-hydrogen) atoms. The minimum Gasteiger partial charge on any atom is -0.456 e. The minimum atomic E-state index is -1.97. The second kappa shape index (κ2) is 14.8. The summed E-state index contributed by atoms with van der Waals surface area (Å²) in [6.45, 7) is 19.6. The summed E-state index contributed by atoms with van der Waals surface area (Å²) in [7, 11) is -3.94. The molecule has 13 aromatic rings. The van der Waals surface area contributed by atoms with Crippen molar-refractivity contribution in [3.63, 3.8) is 0 Å². The molecule has 4 aliphatic heterocycles. The van der Waals surface area contributed by atoms with Gasteiger partial charge in [-0.05, 0) is 161 Å². The summed E-state index contributed by atoms with van der Waals surface area (Å²) in [6, 6.07) is 73.7. The normalized spacial score (nSPS) is 16.6. The summed E-state index contributed by atoms with van der Waals surface area (Å²) in [5.74, 6) is 0. The van der Waals surface area contributed by atoms with Crippen molar-refractivity contribution >= 4 is 136 Å². The quantitative estimate of drug-likeness (QED) is 0.162. The van der Waals surface area contributed by atoms with Gasteiger partial charge in [-0.3, -0.25) is 0 Å². The Balaban J connectivity index is 0.864. The van der Waals surface area contributed by atoms with Crippen LogP contribution in [0.5, 0.6) is 0 Å². The van der Waals surface area contributed by atoms with Crippen molar-refractivity contribution in [3.8, 4) is 22.3 Å². The fourth-order valence-electron chi connectivity index (χ4n) is 15.3. The second-order valence-corrected chi connectivity index (χ2v) is 33.5. The molecule has 0 saturated carbocycles. The standard InChI is InChI=1S/C72H56N2O2Si2/c1-71(2)55-33-41-17-9-11-19-43(41)35-59(55)73(45-25-27-49-47-21-13-15-23-63(47)77(5,6)65(49)37-45)57-31-29-51-53-39-62-54(40-61(53)75-69(51)67(57)71)52-30-32-58-68(70(52)76-62)72(3,4)56-34-42-18-10-12-20-44(42)36-60(56)74(58)46-26-28-50-48-22-14-16-24-64(48)78(7,8)66(50)38-46/h9-40H,1-8H3. The number of fused-ring (bicyclic) bond motifs is 20. The smallest absolute Gasteiger partial charge is 0.141 e. The SMILES string of the molecule is CC1(C)c2cc3ccccc3cc2N(c2ccc3c(c2)[Si](C)(C)c2ccccc2-3)c2ccc3c(oc4cc5c(cc43)oc3c4c(ccc35)N(c3ccc5c(c3)[Si](C)(C)c3ccccc3-5)c3cc5ccccc5cc3C4(C)C)c21. The molecule has 4 nitrogen and oxygen atoms in total. The van der Waals surface area contributed by atoms with Gasteiger partial charge in [-0.15, -0.1) is 0 Å². The lowest BCUT2D eigenvalue weighted by molar-refractivity contribution is 0.601. The number of nitrogens with zero attached hydrogens (tertiary/aromatic N) is 2. The molecule has 0 unspecified atom stereocenters. The van der Waals surface area contributed by atoms with Crippen molar-refractivity contribution in [1.29, 1.82) is 0 Å². The van der Waals surface area contributed by atoms with Crippen molar-refractivity contribution in [2.45, 2.75) is 64.7 Å². The van der Waals surface area contributed by atoms with Crippen molar-refractivity contribution < 1.29 is 8.83 Å². The van der Waals surface area contributed by atoms with Crippen LogP contribution in [0.25, 0.3) is 87.7 Å². The highest BCUT2D eigenvalue weighted by Crippen LogP contribution is 2.59. The van der Waals surface area contributed by atoms with Gasteiger partial charge in [0.25, 0.3) is 0 Å². The van der Waals surface area contributed by atoms with Gasteiger partial charge in [0.1, 0.15) is 38.5 Å². The number of hydrogen-bond donors (Lipinski definition) is 0. The summed E-state index contributed by atoms with van der Waals surface area (Å²) < 4.78 is 14.8. The van der Waals surface area contributed by atoms with Gasteiger partial charge in [-0.1, -0.05) is 163 Å². The third-order valence-electron chi connectivity index (χ3n) is 19.3. The van der Waals surface area contributed by atoms with E-state index in [-0.39, 0.29) is 0 Å². The van der Waals surface area contributed by atoms with E-state index in [9.17, 15) is 0 Å². The molecular formula is C72H56N2O2Si2. The number of furan rings is 2. The lowest BCUT2D eigenvalue weighted by atomic mass is 9.72. The van der Waals surface area contributed by atoms with Crippen LogP contribution in [-0.4, -0.2) is 16.1 Å². The van der Waals surface area contributed by atoms with Crippen molar-refractivity contribution in [2.24, 2.45) is 0 Å². The average molecular weight is 1040 g/mol. The highest BCUT2D eigenvalue weighted by Gasteiger charge is 2.45. The summed E-state index contributed by atoms with van der Waals surface area (Å²) in [5.41, 5.74) is 20.4. The maximum atomic E-state index is 7.38. The van der Waals surface area contributed by atoms with Crippen LogP contribution in [0.3, 0.4) is 0 Å². The molecule has 6 heterocycles. The predicted molar refractivity (Wildman–Crippen MR) is 334 cm³/mol. The van der Waals surface area contributed by atoms with E-state index in [1.54, 1.807) is 0 Å². The van der Waals surface area contributed by atoms with Crippen LogP contribution in [-0.2, 0) is 10.8 Å². The van der Waals surface area contributed by atoms with Crippen molar-refractivity contribution in [3.05, 3.63) is 216 Å². The Morgan fingerprint density at radius 2 is 0.705 bits per heavy atom. The lowest BCUT2D eigenvalue weighted by Crippen LogP contribution is -2.49. The third kappa shape index (κ3) is 5.58. The number of rotatable bonds is 2. The summed E-state index contributed by atoms with van der Waals surface area (Å²) in [6.07, 6.45) is 0. The Kier molecular flexibility index (Phi) is 8.46. The monoisotopic (exact) mass is 1040 g/mol. The summed E-state index contributed by atoms with van der Waals surface area (Å²) in [4.78, 5) is 5.06. The molecule has 0 aliphatic carbocycles. The lowest BCUT2D eigenvalue weighted by Gasteiger charge is -2.42. The molecular weight excluding hydrogens is 981 g/mol. The molecule has 374 valence electrons. The fourth-order valence-corrected chi connectivity index (χ4v) is 21.5. The summed E-state index contributed by atoms with van der Waals surface area (Å²) >= 11 is 0. The molecule has 0 amide bonds. The van der Waals surface area contributed by atoms with E-state index in [0.29, 0.717) is 0 Å². The first-order valence-corrected chi connectivity index (χ1v) is 33.7. The molecule has 0 atom stereocenters. The number of anilines is 6. The Morgan fingerprint density at radius 1 is 0.333 bits per heavy atom. The molecule has 2 aromatic heterocycles. The zero-order valence-electron chi connectivity index (χ0n) is 45.2. The molecule has 0 bridgehead atoms. The first kappa shape index (κ1) is 44.7. The van der Waals surface area contributed by atoms with E-state index in [4.69, 9.17) is 8.83 Å². The van der Waals surface area contributed by atoms with Crippen LogP contribution >= 0.6 is 0 Å². The minimum absolute atomic E-state index is 0.399. The topological polar surface area (TPSA) is 32.8 Å². The molecule has 4 aliphatic rings. The van der Waals surface area contributed by atoms with Gasteiger partial charge in [-0.2, -0.15) is 0 Å². The molecule has 6 heteroatoms. The highest BCUT2D eigenvalue weighted by molar-refractivity contribution is 7.04. The van der Waals surface area contributed by atoms with Crippen molar-refractivity contribution in [2.75, 3.05) is 9.80 Å². The van der Waals surface area contributed by atoms with Crippen LogP contribution in [0.2, 0.25) is 26.2 Å². The third-order valence-corrected chi connectivity index (χ3v) is 26.4. The van der Waals surface area contributed by atoms with Crippen molar-refractivity contribution in [1.82, 2.24) is 0 Å². The number of benzene rings is 11. The van der Waals surface area contributed by atoms with Crippen LogP contribution in [0.1, 0.15) is 49.9 Å². The first-order valence-electron chi connectivity index (χ1n) is 27.7. The molecule has 0 spiro atoms. The van der Waals surface area contributed by atoms with Crippen LogP contribution in [0, 0.1) is 0 Å². The zero-order chi connectivity index (χ0) is 52.5. The van der Waals surface area contributed by atoms with Gasteiger partial charge in [0.2, 0.25) is 0 Å². The summed E-state index contributed by atoms with van der Waals surface area (Å²) in [5, 5.41) is 15.3. The predicted octanol–water partition coefficient (Wildman–Crippen LogP) is 17.6. The highest BCUT2D eigenvalue weighted by atomic mass is 28.3.